The minimum Gasteiger partial charge on any atom is -0.497 e. The third-order valence-electron chi connectivity index (χ3n) is 3.39. The van der Waals surface area contributed by atoms with Crippen molar-refractivity contribution in [3.05, 3.63) is 48.0 Å². The number of nitriles is 1. The number of methoxy groups -OCH3 is 1. The van der Waals surface area contributed by atoms with Crippen molar-refractivity contribution in [3.63, 3.8) is 0 Å². The average molecular weight is 338 g/mol. The van der Waals surface area contributed by atoms with E-state index in [9.17, 15) is 9.59 Å². The first-order valence-corrected chi connectivity index (χ1v) is 7.68. The molecule has 2 aromatic rings. The van der Waals surface area contributed by atoms with Gasteiger partial charge < -0.3 is 14.8 Å². The molecular weight excluding hydrogens is 320 g/mol. The van der Waals surface area contributed by atoms with Gasteiger partial charge in [0.1, 0.15) is 5.75 Å². The van der Waals surface area contributed by atoms with E-state index in [-0.39, 0.29) is 19.6 Å². The van der Waals surface area contributed by atoms with Gasteiger partial charge in [0.15, 0.2) is 6.61 Å². The maximum Gasteiger partial charge on any atom is 0.331 e. The van der Waals surface area contributed by atoms with Gasteiger partial charge in [-0.05, 0) is 40.6 Å². The third kappa shape index (κ3) is 5.66. The van der Waals surface area contributed by atoms with E-state index in [4.69, 9.17) is 14.7 Å². The van der Waals surface area contributed by atoms with E-state index in [1.807, 2.05) is 42.5 Å². The Morgan fingerprint density at radius 3 is 2.72 bits per heavy atom. The number of esters is 1. The van der Waals surface area contributed by atoms with Crippen LogP contribution in [0.15, 0.2) is 42.5 Å². The maximum atomic E-state index is 11.6. The molecule has 0 unspecified atom stereocenters. The fourth-order valence-corrected chi connectivity index (χ4v) is 2.13. The lowest BCUT2D eigenvalue weighted by molar-refractivity contribution is -0.143. The van der Waals surface area contributed by atoms with Gasteiger partial charge in [0.2, 0.25) is 0 Å². The molecule has 128 valence electrons. The van der Waals surface area contributed by atoms with Gasteiger partial charge in [-0.25, -0.2) is 4.79 Å². The van der Waals surface area contributed by atoms with Crippen LogP contribution in [0.4, 0.5) is 0 Å². The van der Waals surface area contributed by atoms with E-state index in [2.05, 4.69) is 5.32 Å². The molecule has 2 aromatic carbocycles. The van der Waals surface area contributed by atoms with E-state index < -0.39 is 11.9 Å². The van der Waals surface area contributed by atoms with Gasteiger partial charge in [-0.3, -0.25) is 4.79 Å². The summed E-state index contributed by atoms with van der Waals surface area (Å²) >= 11 is 0. The molecule has 0 radical (unpaired) electrons. The fraction of sp³-hybridized carbons (Fsp3) is 0.211. The van der Waals surface area contributed by atoms with Gasteiger partial charge in [0.25, 0.3) is 5.91 Å². The second-order valence-corrected chi connectivity index (χ2v) is 5.17. The second kappa shape index (κ2) is 9.08. The van der Waals surface area contributed by atoms with Crippen molar-refractivity contribution in [1.82, 2.24) is 5.32 Å². The summed E-state index contributed by atoms with van der Waals surface area (Å²) in [7, 11) is 1.62. The van der Waals surface area contributed by atoms with Crippen LogP contribution in [0.1, 0.15) is 12.0 Å². The Kier molecular flexibility index (Phi) is 6.55. The van der Waals surface area contributed by atoms with Crippen LogP contribution in [-0.2, 0) is 14.3 Å². The van der Waals surface area contributed by atoms with Gasteiger partial charge in [-0.15, -0.1) is 0 Å². The van der Waals surface area contributed by atoms with Crippen molar-refractivity contribution in [1.29, 1.82) is 5.26 Å². The predicted molar refractivity (Wildman–Crippen MR) is 93.7 cm³/mol. The molecule has 25 heavy (non-hydrogen) atoms. The number of carbonyl (C=O) groups excluding carboxylic acids is 2. The van der Waals surface area contributed by atoms with Gasteiger partial charge in [0, 0.05) is 12.6 Å². The van der Waals surface area contributed by atoms with E-state index in [1.165, 1.54) is 6.08 Å². The number of amides is 1. The summed E-state index contributed by atoms with van der Waals surface area (Å²) in [6.07, 6.45) is 3.11. The summed E-state index contributed by atoms with van der Waals surface area (Å²) in [4.78, 5) is 23.0. The Balaban J connectivity index is 1.90. The summed E-state index contributed by atoms with van der Waals surface area (Å²) in [5.74, 6) is -0.255. The number of nitrogens with one attached hydrogen (secondary N) is 1. The third-order valence-corrected chi connectivity index (χ3v) is 3.39. The number of hydrogen-bond acceptors (Lipinski definition) is 5. The van der Waals surface area contributed by atoms with Crippen molar-refractivity contribution in [2.45, 2.75) is 6.42 Å². The summed E-state index contributed by atoms with van der Waals surface area (Å²) < 4.78 is 10.0. The average Bonchev–Trinajstić information content (AvgIpc) is 2.64. The number of fused-ring (bicyclic) bond motifs is 1. The molecule has 0 heterocycles. The Labute approximate surface area is 145 Å². The van der Waals surface area contributed by atoms with Crippen molar-refractivity contribution in [3.8, 4) is 11.8 Å². The highest BCUT2D eigenvalue weighted by atomic mass is 16.5. The molecule has 0 aliphatic rings. The molecule has 0 atom stereocenters. The van der Waals surface area contributed by atoms with Crippen LogP contribution >= 0.6 is 0 Å². The summed E-state index contributed by atoms with van der Waals surface area (Å²) in [6, 6.07) is 13.4. The molecule has 0 spiro atoms. The molecule has 1 amide bonds. The first-order chi connectivity index (χ1) is 12.1. The molecule has 0 aromatic heterocycles. The molecule has 0 aliphatic heterocycles. The molecule has 0 saturated heterocycles. The van der Waals surface area contributed by atoms with Crippen LogP contribution in [-0.4, -0.2) is 32.1 Å². The van der Waals surface area contributed by atoms with Gasteiger partial charge in [0.05, 0.1) is 19.6 Å². The first-order valence-electron chi connectivity index (χ1n) is 7.68. The number of rotatable bonds is 7. The Bertz CT molecular complexity index is 837. The highest BCUT2D eigenvalue weighted by Gasteiger charge is 2.04. The van der Waals surface area contributed by atoms with E-state index in [1.54, 1.807) is 13.2 Å². The van der Waals surface area contributed by atoms with Crippen LogP contribution in [0.2, 0.25) is 0 Å². The van der Waals surface area contributed by atoms with Crippen molar-refractivity contribution in [2.24, 2.45) is 0 Å². The lowest BCUT2D eigenvalue weighted by Gasteiger charge is -2.04. The molecule has 0 saturated carbocycles. The van der Waals surface area contributed by atoms with Crippen molar-refractivity contribution in [2.75, 3.05) is 20.3 Å². The molecule has 0 fully saturated rings. The summed E-state index contributed by atoms with van der Waals surface area (Å²) in [5, 5.41) is 12.9. The molecular formula is C19H18N2O4. The zero-order valence-corrected chi connectivity index (χ0v) is 13.8. The predicted octanol–water partition coefficient (Wildman–Crippen LogP) is 2.43. The number of ether oxygens (including phenoxy) is 2. The number of nitrogens with zero attached hydrogens (tertiary/aromatic N) is 1. The zero-order chi connectivity index (χ0) is 18.1. The maximum absolute atomic E-state index is 11.6. The minimum atomic E-state index is -0.606. The number of benzene rings is 2. The van der Waals surface area contributed by atoms with Gasteiger partial charge in [-0.1, -0.05) is 18.2 Å². The smallest absolute Gasteiger partial charge is 0.331 e. The molecule has 0 bridgehead atoms. The lowest BCUT2D eigenvalue weighted by atomic mass is 10.1. The normalized spacial score (nSPS) is 10.4. The highest BCUT2D eigenvalue weighted by Crippen LogP contribution is 2.22. The van der Waals surface area contributed by atoms with Crippen molar-refractivity contribution < 1.29 is 19.1 Å². The van der Waals surface area contributed by atoms with E-state index in [0.29, 0.717) is 0 Å². The SMILES string of the molecule is COc1ccc2cc(/C=C/C(=O)OCC(=O)NCCC#N)ccc2c1. The molecule has 6 heteroatoms. The zero-order valence-electron chi connectivity index (χ0n) is 13.8. The van der Waals surface area contributed by atoms with Gasteiger partial charge >= 0.3 is 5.97 Å². The van der Waals surface area contributed by atoms with Crippen LogP contribution < -0.4 is 10.1 Å². The van der Waals surface area contributed by atoms with Crippen LogP contribution in [0.25, 0.3) is 16.8 Å². The first kappa shape index (κ1) is 18.0. The summed E-state index contributed by atoms with van der Waals surface area (Å²) in [5.41, 5.74) is 0.841. The molecule has 6 nitrogen and oxygen atoms in total. The molecule has 1 N–H and O–H groups in total. The van der Waals surface area contributed by atoms with Crippen LogP contribution in [0.3, 0.4) is 0 Å². The van der Waals surface area contributed by atoms with E-state index in [0.717, 1.165) is 22.1 Å². The van der Waals surface area contributed by atoms with Crippen molar-refractivity contribution >= 4 is 28.7 Å². The Morgan fingerprint density at radius 2 is 1.96 bits per heavy atom. The quantitative estimate of drug-likeness (QED) is 0.476. The molecule has 0 aliphatic carbocycles. The van der Waals surface area contributed by atoms with Gasteiger partial charge in [-0.2, -0.15) is 5.26 Å². The lowest BCUT2D eigenvalue weighted by Crippen LogP contribution is -2.29. The second-order valence-electron chi connectivity index (χ2n) is 5.17. The Morgan fingerprint density at radius 1 is 1.20 bits per heavy atom. The Hall–Kier alpha value is -3.33. The monoisotopic (exact) mass is 338 g/mol. The number of carbonyl (C=O) groups is 2. The molecule has 2 rings (SSSR count). The fourth-order valence-electron chi connectivity index (χ4n) is 2.13. The topological polar surface area (TPSA) is 88.4 Å². The summed E-state index contributed by atoms with van der Waals surface area (Å²) in [6.45, 7) is -0.128. The van der Waals surface area contributed by atoms with E-state index >= 15 is 0 Å². The van der Waals surface area contributed by atoms with Crippen LogP contribution in [0.5, 0.6) is 5.75 Å². The highest BCUT2D eigenvalue weighted by molar-refractivity contribution is 5.91. The number of hydrogen-bond donors (Lipinski definition) is 1. The van der Waals surface area contributed by atoms with Crippen LogP contribution in [0, 0.1) is 11.3 Å². The standard InChI is InChI=1S/C19H18N2O4/c1-24-17-7-6-15-11-14(3-5-16(15)12-17)4-8-19(23)25-13-18(22)21-10-2-9-20/h3-8,11-12H,2,10,13H2,1H3,(H,21,22)/b8-4+. The minimum absolute atomic E-state index is 0.216. The largest absolute Gasteiger partial charge is 0.497 e.